The van der Waals surface area contributed by atoms with Gasteiger partial charge in [0.15, 0.2) is 16.3 Å². The van der Waals surface area contributed by atoms with E-state index < -0.39 is 4.92 Å². The van der Waals surface area contributed by atoms with E-state index >= 15 is 0 Å². The summed E-state index contributed by atoms with van der Waals surface area (Å²) in [5.41, 5.74) is 1.49. The molecule has 0 aliphatic heterocycles. The molecule has 8 nitrogen and oxygen atoms in total. The summed E-state index contributed by atoms with van der Waals surface area (Å²) in [6.07, 6.45) is 1.77. The van der Waals surface area contributed by atoms with Crippen molar-refractivity contribution in [3.8, 4) is 11.5 Å². The maximum atomic E-state index is 12.6. The highest BCUT2D eigenvalue weighted by Gasteiger charge is 2.13. The number of fused-ring (bicyclic) bond motifs is 1. The molecule has 2 aromatic carbocycles. The number of hydrogen-bond donors (Lipinski definition) is 0. The maximum absolute atomic E-state index is 12.6. The number of hydrogen-bond acceptors (Lipinski definition) is 6. The fourth-order valence-corrected chi connectivity index (χ4v) is 3.97. The van der Waals surface area contributed by atoms with Crippen LogP contribution in [0.5, 0.6) is 11.5 Å². The number of ether oxygens (including phenoxy) is 2. The largest absolute Gasteiger partial charge is 0.493 e. The van der Waals surface area contributed by atoms with Crippen LogP contribution in [-0.4, -0.2) is 29.6 Å². The molecule has 3 aromatic rings. The third kappa shape index (κ3) is 4.35. The molecule has 0 spiro atoms. The van der Waals surface area contributed by atoms with Gasteiger partial charge in [-0.1, -0.05) is 23.5 Å². The lowest BCUT2D eigenvalue weighted by Crippen LogP contribution is -2.16. The number of nitro groups is 1. The quantitative estimate of drug-likeness (QED) is 0.336. The van der Waals surface area contributed by atoms with Crippen LogP contribution < -0.4 is 14.3 Å². The van der Waals surface area contributed by atoms with Gasteiger partial charge in [0, 0.05) is 18.7 Å². The van der Waals surface area contributed by atoms with Gasteiger partial charge in [0.1, 0.15) is 0 Å². The summed E-state index contributed by atoms with van der Waals surface area (Å²) in [5, 5.41) is 11.0. The topological polar surface area (TPSA) is 96.0 Å². The minimum atomic E-state index is -0.448. The van der Waals surface area contributed by atoms with Crippen molar-refractivity contribution in [3.63, 3.8) is 0 Å². The van der Waals surface area contributed by atoms with Crippen molar-refractivity contribution in [3.05, 3.63) is 69.5 Å². The standard InChI is InChI=1S/C20H19N3O5S/c1-4-9-22-15-7-6-14(23(25)26)12-18(15)29-20(22)21-19(24)11-13-5-8-16(27-2)17(10-13)28-3/h4-8,10,12H,1,9,11H2,2-3H3. The first-order valence-electron chi connectivity index (χ1n) is 8.64. The molecule has 0 saturated heterocycles. The number of rotatable bonds is 7. The van der Waals surface area contributed by atoms with Crippen LogP contribution in [-0.2, 0) is 17.8 Å². The van der Waals surface area contributed by atoms with Crippen molar-refractivity contribution in [1.29, 1.82) is 0 Å². The predicted molar refractivity (Wildman–Crippen MR) is 110 cm³/mol. The molecule has 0 radical (unpaired) electrons. The molecule has 29 heavy (non-hydrogen) atoms. The number of methoxy groups -OCH3 is 2. The average Bonchev–Trinajstić information content (AvgIpc) is 3.04. The van der Waals surface area contributed by atoms with Gasteiger partial charge in [-0.05, 0) is 23.8 Å². The highest BCUT2D eigenvalue weighted by atomic mass is 32.1. The number of nitrogens with zero attached hydrogens (tertiary/aromatic N) is 3. The van der Waals surface area contributed by atoms with Gasteiger partial charge in [-0.2, -0.15) is 4.99 Å². The van der Waals surface area contributed by atoms with Crippen LogP contribution in [0.25, 0.3) is 10.2 Å². The predicted octanol–water partition coefficient (Wildman–Crippen LogP) is 3.48. The second-order valence-corrected chi connectivity index (χ2v) is 7.07. The first kappa shape index (κ1) is 20.3. The minimum Gasteiger partial charge on any atom is -0.493 e. The Bertz CT molecular complexity index is 1160. The van der Waals surface area contributed by atoms with Gasteiger partial charge in [0.2, 0.25) is 0 Å². The van der Waals surface area contributed by atoms with Crippen molar-refractivity contribution < 1.29 is 19.2 Å². The van der Waals surface area contributed by atoms with Crippen molar-refractivity contribution >= 4 is 33.1 Å². The Hall–Kier alpha value is -3.46. The molecule has 0 aliphatic rings. The molecule has 1 heterocycles. The van der Waals surface area contributed by atoms with Crippen LogP contribution in [0.15, 0.2) is 54.0 Å². The number of benzene rings is 2. The molecule has 0 fully saturated rings. The van der Waals surface area contributed by atoms with Crippen LogP contribution in [0.3, 0.4) is 0 Å². The molecule has 3 rings (SSSR count). The summed E-state index contributed by atoms with van der Waals surface area (Å²) in [6.45, 7) is 4.17. The van der Waals surface area contributed by atoms with Crippen LogP contribution in [0.1, 0.15) is 5.56 Å². The number of aromatic nitrogens is 1. The Kier molecular flexibility index (Phi) is 6.08. The first-order valence-corrected chi connectivity index (χ1v) is 9.45. The Morgan fingerprint density at radius 2 is 2.00 bits per heavy atom. The monoisotopic (exact) mass is 413 g/mol. The molecule has 1 aromatic heterocycles. The molecule has 0 aliphatic carbocycles. The highest BCUT2D eigenvalue weighted by Crippen LogP contribution is 2.28. The summed E-state index contributed by atoms with van der Waals surface area (Å²) in [6, 6.07) is 9.82. The number of amides is 1. The zero-order chi connectivity index (χ0) is 21.0. The van der Waals surface area contributed by atoms with Gasteiger partial charge in [0.25, 0.3) is 11.6 Å². The van der Waals surface area contributed by atoms with E-state index in [0.29, 0.717) is 27.5 Å². The maximum Gasteiger partial charge on any atom is 0.270 e. The van der Waals surface area contributed by atoms with Crippen molar-refractivity contribution in [2.24, 2.45) is 4.99 Å². The molecule has 0 atom stereocenters. The summed E-state index contributed by atoms with van der Waals surface area (Å²) in [7, 11) is 3.07. The van der Waals surface area contributed by atoms with E-state index in [-0.39, 0.29) is 18.0 Å². The smallest absolute Gasteiger partial charge is 0.270 e. The van der Waals surface area contributed by atoms with Crippen molar-refractivity contribution in [2.75, 3.05) is 14.2 Å². The van der Waals surface area contributed by atoms with E-state index in [4.69, 9.17) is 9.47 Å². The second-order valence-electron chi connectivity index (χ2n) is 6.06. The molecule has 9 heteroatoms. The van der Waals surface area contributed by atoms with Crippen LogP contribution in [0.2, 0.25) is 0 Å². The van der Waals surface area contributed by atoms with Gasteiger partial charge in [0.05, 0.1) is 35.8 Å². The Morgan fingerprint density at radius 1 is 1.24 bits per heavy atom. The molecule has 1 amide bonds. The van der Waals surface area contributed by atoms with E-state index in [0.717, 1.165) is 11.1 Å². The van der Waals surface area contributed by atoms with E-state index in [1.54, 1.807) is 37.5 Å². The van der Waals surface area contributed by atoms with Crippen LogP contribution >= 0.6 is 11.3 Å². The normalized spacial score (nSPS) is 11.4. The lowest BCUT2D eigenvalue weighted by atomic mass is 10.1. The summed E-state index contributed by atoms with van der Waals surface area (Å²) in [4.78, 5) is 27.8. The Balaban J connectivity index is 1.98. The van der Waals surface area contributed by atoms with Gasteiger partial charge < -0.3 is 14.0 Å². The van der Waals surface area contributed by atoms with Gasteiger partial charge in [-0.25, -0.2) is 0 Å². The molecular formula is C20H19N3O5S. The minimum absolute atomic E-state index is 0.00675. The molecule has 150 valence electrons. The first-order chi connectivity index (χ1) is 14.0. The zero-order valence-corrected chi connectivity index (χ0v) is 16.8. The molecule has 0 N–H and O–H groups in total. The third-order valence-electron chi connectivity index (χ3n) is 4.21. The van der Waals surface area contributed by atoms with E-state index in [2.05, 4.69) is 11.6 Å². The number of carbonyl (C=O) groups is 1. The van der Waals surface area contributed by atoms with Gasteiger partial charge >= 0.3 is 0 Å². The SMILES string of the molecule is C=CCn1c(=NC(=O)Cc2ccc(OC)c(OC)c2)sc2cc([N+](=O)[O-])ccc21. The Morgan fingerprint density at radius 3 is 2.66 bits per heavy atom. The number of allylic oxidation sites excluding steroid dienone is 1. The van der Waals surface area contributed by atoms with Crippen molar-refractivity contribution in [1.82, 2.24) is 4.57 Å². The fourth-order valence-electron chi connectivity index (χ4n) is 2.88. The number of carbonyl (C=O) groups excluding carboxylic acids is 1. The lowest BCUT2D eigenvalue weighted by Gasteiger charge is -2.08. The lowest BCUT2D eigenvalue weighted by molar-refractivity contribution is -0.384. The van der Waals surface area contributed by atoms with Gasteiger partial charge in [-0.15, -0.1) is 6.58 Å². The molecular weight excluding hydrogens is 394 g/mol. The van der Waals surface area contributed by atoms with E-state index in [9.17, 15) is 14.9 Å². The Labute approximate surface area is 170 Å². The second kappa shape index (κ2) is 8.70. The zero-order valence-electron chi connectivity index (χ0n) is 16.0. The van der Waals surface area contributed by atoms with Crippen molar-refractivity contribution in [2.45, 2.75) is 13.0 Å². The summed E-state index contributed by atoms with van der Waals surface area (Å²) in [5.74, 6) is 0.778. The molecule has 0 saturated carbocycles. The summed E-state index contributed by atoms with van der Waals surface area (Å²) >= 11 is 1.23. The summed E-state index contributed by atoms with van der Waals surface area (Å²) < 4.78 is 13.0. The van der Waals surface area contributed by atoms with E-state index in [1.165, 1.54) is 30.6 Å². The fraction of sp³-hybridized carbons (Fsp3) is 0.200. The molecule has 0 bridgehead atoms. The number of thiazole rings is 1. The van der Waals surface area contributed by atoms with Gasteiger partial charge in [-0.3, -0.25) is 14.9 Å². The number of nitro benzene ring substituents is 1. The average molecular weight is 413 g/mol. The van der Waals surface area contributed by atoms with Crippen LogP contribution in [0, 0.1) is 10.1 Å². The van der Waals surface area contributed by atoms with Crippen LogP contribution in [0.4, 0.5) is 5.69 Å². The number of non-ortho nitro benzene ring substituents is 1. The third-order valence-corrected chi connectivity index (χ3v) is 5.25. The van der Waals surface area contributed by atoms with E-state index in [1.807, 2.05) is 4.57 Å². The highest BCUT2D eigenvalue weighted by molar-refractivity contribution is 7.16. The molecule has 0 unspecified atom stereocenters.